The quantitative estimate of drug-likeness (QED) is 0.334. The van der Waals surface area contributed by atoms with E-state index in [4.69, 9.17) is 0 Å². The SMILES string of the molecule is CCCCCCCc1ccc(C2CCC(CCCCCC)CC2)cc1. The van der Waals surface area contributed by atoms with Crippen LogP contribution in [0.25, 0.3) is 0 Å². The van der Waals surface area contributed by atoms with E-state index in [-0.39, 0.29) is 0 Å². The molecule has 0 bridgehead atoms. The predicted molar refractivity (Wildman–Crippen MR) is 112 cm³/mol. The van der Waals surface area contributed by atoms with Crippen LogP contribution >= 0.6 is 0 Å². The topological polar surface area (TPSA) is 0 Å². The number of rotatable bonds is 12. The average molecular weight is 343 g/mol. The molecule has 0 heteroatoms. The summed E-state index contributed by atoms with van der Waals surface area (Å²) >= 11 is 0. The van der Waals surface area contributed by atoms with Gasteiger partial charge in [0.25, 0.3) is 0 Å². The van der Waals surface area contributed by atoms with Gasteiger partial charge in [-0.25, -0.2) is 0 Å². The number of unbranched alkanes of at least 4 members (excludes halogenated alkanes) is 7. The molecule has 0 amide bonds. The summed E-state index contributed by atoms with van der Waals surface area (Å²) < 4.78 is 0. The molecule has 0 saturated heterocycles. The van der Waals surface area contributed by atoms with Crippen LogP contribution in [-0.2, 0) is 6.42 Å². The molecule has 0 atom stereocenters. The molecule has 25 heavy (non-hydrogen) atoms. The van der Waals surface area contributed by atoms with Crippen LogP contribution in [0.3, 0.4) is 0 Å². The maximum absolute atomic E-state index is 2.44. The fourth-order valence-corrected chi connectivity index (χ4v) is 4.53. The van der Waals surface area contributed by atoms with Crippen LogP contribution in [0.2, 0.25) is 0 Å². The van der Waals surface area contributed by atoms with Crippen LogP contribution in [0.5, 0.6) is 0 Å². The molecule has 1 aromatic rings. The fourth-order valence-electron chi connectivity index (χ4n) is 4.53. The Labute approximate surface area is 157 Å². The van der Waals surface area contributed by atoms with E-state index in [1.165, 1.54) is 96.3 Å². The molecule has 0 radical (unpaired) electrons. The smallest absolute Gasteiger partial charge is 0.0162 e. The van der Waals surface area contributed by atoms with E-state index in [9.17, 15) is 0 Å². The van der Waals surface area contributed by atoms with Crippen molar-refractivity contribution in [3.05, 3.63) is 35.4 Å². The number of aryl methyl sites for hydroxylation is 1. The van der Waals surface area contributed by atoms with Crippen LogP contribution in [0, 0.1) is 5.92 Å². The second kappa shape index (κ2) is 12.6. The van der Waals surface area contributed by atoms with Crippen molar-refractivity contribution in [3.63, 3.8) is 0 Å². The van der Waals surface area contributed by atoms with Gasteiger partial charge in [0, 0.05) is 0 Å². The van der Waals surface area contributed by atoms with E-state index in [1.807, 2.05) is 0 Å². The van der Waals surface area contributed by atoms with E-state index in [1.54, 1.807) is 11.1 Å². The Kier molecular flexibility index (Phi) is 10.3. The van der Waals surface area contributed by atoms with Gasteiger partial charge in [-0.1, -0.05) is 95.9 Å². The maximum Gasteiger partial charge on any atom is -0.0162 e. The van der Waals surface area contributed by atoms with Gasteiger partial charge >= 0.3 is 0 Å². The van der Waals surface area contributed by atoms with Gasteiger partial charge in [-0.2, -0.15) is 0 Å². The molecule has 0 nitrogen and oxygen atoms in total. The van der Waals surface area contributed by atoms with Crippen LogP contribution in [-0.4, -0.2) is 0 Å². The van der Waals surface area contributed by atoms with Crippen LogP contribution in [0.1, 0.15) is 121 Å². The van der Waals surface area contributed by atoms with Gasteiger partial charge < -0.3 is 0 Å². The molecular weight excluding hydrogens is 300 g/mol. The summed E-state index contributed by atoms with van der Waals surface area (Å²) in [4.78, 5) is 0. The third-order valence-electron chi connectivity index (χ3n) is 6.33. The van der Waals surface area contributed by atoms with Crippen molar-refractivity contribution in [2.75, 3.05) is 0 Å². The Morgan fingerprint density at radius 1 is 0.680 bits per heavy atom. The Morgan fingerprint density at radius 3 is 1.92 bits per heavy atom. The first-order valence-electron chi connectivity index (χ1n) is 11.4. The minimum Gasteiger partial charge on any atom is -0.0654 e. The highest BCUT2D eigenvalue weighted by Crippen LogP contribution is 2.37. The lowest BCUT2D eigenvalue weighted by Crippen LogP contribution is -2.13. The van der Waals surface area contributed by atoms with Crippen molar-refractivity contribution < 1.29 is 0 Å². The van der Waals surface area contributed by atoms with Gasteiger partial charge in [-0.05, 0) is 61.5 Å². The summed E-state index contributed by atoms with van der Waals surface area (Å²) in [5.41, 5.74) is 3.16. The average Bonchev–Trinajstić information content (AvgIpc) is 2.66. The summed E-state index contributed by atoms with van der Waals surface area (Å²) in [6, 6.07) is 9.69. The Hall–Kier alpha value is -0.780. The molecular formula is C25H42. The third kappa shape index (κ3) is 7.97. The molecule has 2 rings (SSSR count). The van der Waals surface area contributed by atoms with E-state index in [2.05, 4.69) is 38.1 Å². The van der Waals surface area contributed by atoms with Gasteiger partial charge in [-0.3, -0.25) is 0 Å². The zero-order valence-electron chi connectivity index (χ0n) is 17.1. The molecule has 1 aliphatic carbocycles. The molecule has 1 fully saturated rings. The zero-order chi connectivity index (χ0) is 17.7. The van der Waals surface area contributed by atoms with Crippen LogP contribution in [0.4, 0.5) is 0 Å². The molecule has 0 heterocycles. The molecule has 0 N–H and O–H groups in total. The lowest BCUT2D eigenvalue weighted by atomic mass is 9.77. The Bertz CT molecular complexity index is 422. The second-order valence-corrected chi connectivity index (χ2v) is 8.47. The van der Waals surface area contributed by atoms with E-state index < -0.39 is 0 Å². The Balaban J connectivity index is 1.65. The molecule has 0 spiro atoms. The summed E-state index contributed by atoms with van der Waals surface area (Å²) in [7, 11) is 0. The number of benzene rings is 1. The first-order valence-corrected chi connectivity index (χ1v) is 11.4. The molecule has 1 aromatic carbocycles. The number of hydrogen-bond acceptors (Lipinski definition) is 0. The van der Waals surface area contributed by atoms with Gasteiger partial charge in [0.2, 0.25) is 0 Å². The highest BCUT2D eigenvalue weighted by atomic mass is 14.3. The lowest BCUT2D eigenvalue weighted by Gasteiger charge is -2.29. The van der Waals surface area contributed by atoms with Gasteiger partial charge in [0.1, 0.15) is 0 Å². The second-order valence-electron chi connectivity index (χ2n) is 8.47. The third-order valence-corrected chi connectivity index (χ3v) is 6.33. The highest BCUT2D eigenvalue weighted by Gasteiger charge is 2.21. The zero-order valence-corrected chi connectivity index (χ0v) is 17.1. The normalized spacial score (nSPS) is 20.7. The lowest BCUT2D eigenvalue weighted by molar-refractivity contribution is 0.302. The first kappa shape index (κ1) is 20.5. The van der Waals surface area contributed by atoms with Crippen LogP contribution in [0.15, 0.2) is 24.3 Å². The van der Waals surface area contributed by atoms with Crippen LogP contribution < -0.4 is 0 Å². The minimum atomic E-state index is 0.838. The summed E-state index contributed by atoms with van der Waals surface area (Å²) in [5, 5.41) is 0. The van der Waals surface area contributed by atoms with Gasteiger partial charge in [-0.15, -0.1) is 0 Å². The van der Waals surface area contributed by atoms with Crippen molar-refractivity contribution in [2.45, 2.75) is 116 Å². The van der Waals surface area contributed by atoms with E-state index in [0.717, 1.165) is 11.8 Å². The van der Waals surface area contributed by atoms with Gasteiger partial charge in [0.05, 0.1) is 0 Å². The molecule has 0 aliphatic heterocycles. The standard InChI is InChI=1S/C25H42/c1-3-5-7-9-11-13-23-16-20-25(21-17-23)24-18-14-22(15-19-24)12-10-8-6-4-2/h16-17,20-22,24H,3-15,18-19H2,1-2H3. The van der Waals surface area contributed by atoms with E-state index >= 15 is 0 Å². The molecule has 1 aliphatic rings. The van der Waals surface area contributed by atoms with Crippen molar-refractivity contribution >= 4 is 0 Å². The van der Waals surface area contributed by atoms with Crippen molar-refractivity contribution in [1.29, 1.82) is 0 Å². The summed E-state index contributed by atoms with van der Waals surface area (Å²) in [5.74, 6) is 1.86. The fraction of sp³-hybridized carbons (Fsp3) is 0.760. The van der Waals surface area contributed by atoms with Gasteiger partial charge in [0.15, 0.2) is 0 Å². The highest BCUT2D eigenvalue weighted by molar-refractivity contribution is 5.25. The number of hydrogen-bond donors (Lipinski definition) is 0. The van der Waals surface area contributed by atoms with Crippen molar-refractivity contribution in [3.8, 4) is 0 Å². The molecule has 142 valence electrons. The van der Waals surface area contributed by atoms with Crippen molar-refractivity contribution in [1.82, 2.24) is 0 Å². The molecule has 1 saturated carbocycles. The maximum atomic E-state index is 2.44. The predicted octanol–water partition coefficient (Wildman–Crippen LogP) is 8.44. The molecule has 0 unspecified atom stereocenters. The Morgan fingerprint density at radius 2 is 1.28 bits per heavy atom. The minimum absolute atomic E-state index is 0.838. The van der Waals surface area contributed by atoms with Crippen molar-refractivity contribution in [2.24, 2.45) is 5.92 Å². The monoisotopic (exact) mass is 342 g/mol. The summed E-state index contributed by atoms with van der Waals surface area (Å²) in [6.45, 7) is 4.60. The van der Waals surface area contributed by atoms with E-state index in [0.29, 0.717) is 0 Å². The first-order chi connectivity index (χ1) is 12.3. The summed E-state index contributed by atoms with van der Waals surface area (Å²) in [6.07, 6.45) is 21.2. The largest absolute Gasteiger partial charge is 0.0654 e. The molecule has 0 aromatic heterocycles.